The van der Waals surface area contributed by atoms with Gasteiger partial charge in [0.25, 0.3) is 0 Å². The minimum Gasteiger partial charge on any atom is -0.399 e. The van der Waals surface area contributed by atoms with Gasteiger partial charge in [-0.3, -0.25) is 9.15 Å². The second-order valence-electron chi connectivity index (χ2n) is 8.71. The van der Waals surface area contributed by atoms with E-state index in [2.05, 4.69) is 37.3 Å². The Hall–Kier alpha value is -2.45. The first-order valence-corrected chi connectivity index (χ1v) is 13.0. The van der Waals surface area contributed by atoms with Crippen molar-refractivity contribution < 1.29 is 18.4 Å². The number of hydrogen-bond acceptors (Lipinski definition) is 4. The molecule has 3 heterocycles. The number of alkyl halides is 1. The highest BCUT2D eigenvalue weighted by Crippen LogP contribution is 2.45. The van der Waals surface area contributed by atoms with Crippen LogP contribution in [-0.2, 0) is 17.6 Å². The topological polar surface area (TPSA) is 69.4 Å². The lowest BCUT2D eigenvalue weighted by molar-refractivity contribution is -0.675. The van der Waals surface area contributed by atoms with Gasteiger partial charge in [0.1, 0.15) is 22.7 Å². The number of benzene rings is 2. The molecule has 0 bridgehead atoms. The molecule has 2 aliphatic heterocycles. The number of carbonyl (C=O) groups is 1. The number of fused-ring (bicyclic) bond motifs is 1. The number of rotatable bonds is 5. The van der Waals surface area contributed by atoms with Crippen LogP contribution in [0.25, 0.3) is 17.2 Å². The second-order valence-corrected chi connectivity index (χ2v) is 12.0. The number of nitrogens with zero attached hydrogens (tertiary/aromatic N) is 1. The normalized spacial score (nSPS) is 20.9. The molecule has 1 saturated heterocycles. The average Bonchev–Trinajstić information content (AvgIpc) is 3.66. The Morgan fingerprint density at radius 3 is 2.77 bits per heavy atom. The van der Waals surface area contributed by atoms with Gasteiger partial charge in [-0.25, -0.2) is 9.28 Å². The van der Waals surface area contributed by atoms with Crippen LogP contribution in [0.3, 0.4) is 0 Å². The highest BCUT2D eigenvalue weighted by molar-refractivity contribution is 14.2. The Balaban J connectivity index is 1.17. The van der Waals surface area contributed by atoms with Crippen LogP contribution in [0.5, 0.6) is 0 Å². The number of nitrogen functional groups attached to an aromatic ring is 1. The Labute approximate surface area is 190 Å². The highest BCUT2D eigenvalue weighted by atomic mass is 127. The van der Waals surface area contributed by atoms with Gasteiger partial charge in [-0.1, -0.05) is 51.1 Å². The minimum atomic E-state index is -0.153. The fourth-order valence-electron chi connectivity index (χ4n) is 4.60. The molecule has 1 aromatic heterocycles. The average molecular weight is 527 g/mol. The lowest BCUT2D eigenvalue weighted by atomic mass is 9.97. The zero-order valence-electron chi connectivity index (χ0n) is 17.4. The Kier molecular flexibility index (Phi) is 4.37. The van der Waals surface area contributed by atoms with Gasteiger partial charge in [-0.05, 0) is 44.8 Å². The number of nitrogens with two attached hydrogens (primary N) is 1. The third-order valence-electron chi connectivity index (χ3n) is 6.62. The summed E-state index contributed by atoms with van der Waals surface area (Å²) < 4.78 is 12.3. The minimum absolute atomic E-state index is 0.153. The number of anilines is 1. The molecule has 6 heteroatoms. The fourth-order valence-corrected chi connectivity index (χ4v) is 7.17. The molecule has 1 fully saturated rings. The van der Waals surface area contributed by atoms with E-state index >= 15 is 0 Å². The molecule has 0 radical (unpaired) electrons. The van der Waals surface area contributed by atoms with Crippen molar-refractivity contribution in [3.63, 3.8) is 0 Å². The first kappa shape index (κ1) is 19.3. The molecule has 1 aliphatic carbocycles. The van der Waals surface area contributed by atoms with E-state index in [4.69, 9.17) is 14.9 Å². The summed E-state index contributed by atoms with van der Waals surface area (Å²) in [4.78, 5) is 13.4. The summed E-state index contributed by atoms with van der Waals surface area (Å²) in [6.07, 6.45) is 4.71. The van der Waals surface area contributed by atoms with Gasteiger partial charge in [-0.15, -0.1) is 0 Å². The van der Waals surface area contributed by atoms with E-state index < -0.39 is 0 Å². The predicted molar refractivity (Wildman–Crippen MR) is 130 cm³/mol. The van der Waals surface area contributed by atoms with Crippen LogP contribution in [0.1, 0.15) is 29.1 Å². The summed E-state index contributed by atoms with van der Waals surface area (Å²) in [7, 11) is 0. The van der Waals surface area contributed by atoms with Crippen LogP contribution < -0.4 is 5.73 Å². The molecule has 3 aliphatic rings. The molecule has 158 valence electrons. The Morgan fingerprint density at radius 2 is 2.03 bits per heavy atom. The van der Waals surface area contributed by atoms with Crippen molar-refractivity contribution in [2.45, 2.75) is 30.1 Å². The summed E-state index contributed by atoms with van der Waals surface area (Å²) in [5.74, 6) is 2.17. The SMILES string of the molecule is Cc1ccc(N)cc1-c1cccc(CC2=IC2C(=O)[N+]2(C3=Cc4ooc4CC3)CC2)c1. The predicted octanol–water partition coefficient (Wildman–Crippen LogP) is 4.84. The monoisotopic (exact) mass is 527 g/mol. The molecule has 0 spiro atoms. The molecule has 1 atom stereocenters. The maximum Gasteiger partial charge on any atom is 0.335 e. The lowest BCUT2D eigenvalue weighted by Gasteiger charge is -2.22. The number of hydrogen-bond donors (Lipinski definition) is 1. The molecular formula is C25H24IN2O3+. The van der Waals surface area contributed by atoms with E-state index in [0.29, 0.717) is 10.4 Å². The maximum absolute atomic E-state index is 13.4. The van der Waals surface area contributed by atoms with Crippen molar-refractivity contribution >= 4 is 41.9 Å². The van der Waals surface area contributed by atoms with Crippen molar-refractivity contribution in [3.05, 3.63) is 70.8 Å². The highest BCUT2D eigenvalue weighted by Gasteiger charge is 2.59. The number of carbonyl (C=O) groups excluding carboxylic acids is 1. The summed E-state index contributed by atoms with van der Waals surface area (Å²) >= 11 is -0.153. The van der Waals surface area contributed by atoms with E-state index in [1.54, 1.807) is 0 Å². The van der Waals surface area contributed by atoms with Crippen LogP contribution in [0.15, 0.2) is 57.3 Å². The number of allylic oxidation sites excluding steroid dienone is 1. The largest absolute Gasteiger partial charge is 0.399 e. The number of amides is 1. The van der Waals surface area contributed by atoms with Gasteiger partial charge in [-0.2, -0.15) is 0 Å². The van der Waals surface area contributed by atoms with Gasteiger partial charge in [0, 0.05) is 31.0 Å². The van der Waals surface area contributed by atoms with Crippen molar-refractivity contribution in [1.29, 1.82) is 0 Å². The Bertz CT molecular complexity index is 1280. The molecular weight excluding hydrogens is 503 g/mol. The van der Waals surface area contributed by atoms with Crippen LogP contribution in [0.4, 0.5) is 5.69 Å². The Morgan fingerprint density at radius 1 is 1.16 bits per heavy atom. The smallest absolute Gasteiger partial charge is 0.335 e. The number of quaternary nitrogens is 1. The van der Waals surface area contributed by atoms with E-state index in [1.165, 1.54) is 31.5 Å². The van der Waals surface area contributed by atoms with Crippen LogP contribution in [0.2, 0.25) is 0 Å². The first-order valence-electron chi connectivity index (χ1n) is 10.7. The summed E-state index contributed by atoms with van der Waals surface area (Å²) in [6, 6.07) is 14.7. The van der Waals surface area contributed by atoms with E-state index in [0.717, 1.165) is 49.6 Å². The van der Waals surface area contributed by atoms with Gasteiger partial charge in [0.2, 0.25) is 11.5 Å². The molecule has 6 rings (SSSR count). The second kappa shape index (κ2) is 7.03. The quantitative estimate of drug-likeness (QED) is 0.129. The van der Waals surface area contributed by atoms with Crippen molar-refractivity contribution in [2.24, 2.45) is 0 Å². The third kappa shape index (κ3) is 3.32. The van der Waals surface area contributed by atoms with Gasteiger partial charge in [0.15, 0.2) is 0 Å². The molecule has 31 heavy (non-hydrogen) atoms. The van der Waals surface area contributed by atoms with Gasteiger partial charge in [0.05, 0.1) is 0 Å². The fraction of sp³-hybridized carbons (Fsp3) is 0.280. The maximum atomic E-state index is 13.4. The molecule has 1 amide bonds. The van der Waals surface area contributed by atoms with Crippen LogP contribution >= 0.6 is 20.7 Å². The van der Waals surface area contributed by atoms with Crippen LogP contribution in [-0.4, -0.2) is 30.9 Å². The zero-order chi connectivity index (χ0) is 21.2. The van der Waals surface area contributed by atoms with Crippen molar-refractivity contribution in [1.82, 2.24) is 0 Å². The zero-order valence-corrected chi connectivity index (χ0v) is 19.5. The molecule has 5 nitrogen and oxygen atoms in total. The summed E-state index contributed by atoms with van der Waals surface area (Å²) in [5, 5.41) is 0. The van der Waals surface area contributed by atoms with E-state index in [-0.39, 0.29) is 24.7 Å². The summed E-state index contributed by atoms with van der Waals surface area (Å²) in [6.45, 7) is 3.99. The van der Waals surface area contributed by atoms with Crippen LogP contribution in [0, 0.1) is 6.92 Å². The molecule has 0 saturated carbocycles. The van der Waals surface area contributed by atoms with Crippen molar-refractivity contribution in [3.8, 4) is 11.1 Å². The molecule has 2 aromatic carbocycles. The van der Waals surface area contributed by atoms with Crippen molar-refractivity contribution in [2.75, 3.05) is 18.8 Å². The van der Waals surface area contributed by atoms with E-state index in [9.17, 15) is 4.79 Å². The van der Waals surface area contributed by atoms with Gasteiger partial charge >= 0.3 is 5.91 Å². The third-order valence-corrected chi connectivity index (χ3v) is 9.66. The standard InChI is InChI=1S/C25H24IN2O3/c1-15-5-6-18(27)13-20(15)17-4-2-3-16(11-17)12-21-24(26-21)25(29)28(9-10-28)19-7-8-22-23(14-19)31-30-22/h2-6,11,13-14,24H,7-10,12,27H2,1H3/q+1. The first-order chi connectivity index (χ1) is 15.0. The van der Waals surface area contributed by atoms with E-state index in [1.807, 2.05) is 18.2 Å². The molecule has 2 N–H and O–H groups in total. The number of halogens is 1. The van der Waals surface area contributed by atoms with Gasteiger partial charge < -0.3 is 5.73 Å². The molecule has 3 aromatic rings. The summed E-state index contributed by atoms with van der Waals surface area (Å²) in [5.41, 5.74) is 12.9. The lowest BCUT2D eigenvalue weighted by Crippen LogP contribution is -2.38. The number of aryl methyl sites for hydroxylation is 2. The molecule has 1 unspecified atom stereocenters.